The molecule has 1 aromatic rings. The Balaban J connectivity index is 1.71. The molecule has 1 aromatic carbocycles. The zero-order valence-electron chi connectivity index (χ0n) is 15.4. The van der Waals surface area contributed by atoms with Gasteiger partial charge in [0, 0.05) is 5.41 Å². The summed E-state index contributed by atoms with van der Waals surface area (Å²) >= 11 is 0. The summed E-state index contributed by atoms with van der Waals surface area (Å²) in [5, 5.41) is 12.1. The van der Waals surface area contributed by atoms with Crippen LogP contribution in [0.1, 0.15) is 45.6 Å². The van der Waals surface area contributed by atoms with Gasteiger partial charge in [0.25, 0.3) is 0 Å². The number of carbonyl (C=O) groups is 2. The summed E-state index contributed by atoms with van der Waals surface area (Å²) in [6.07, 6.45) is 1.15. The average Bonchev–Trinajstić information content (AvgIpc) is 2.42. The molecule has 0 saturated heterocycles. The maximum Gasteiger partial charge on any atom is 0.408 e. The Bertz CT molecular complexity index is 735. The number of hydrogen-bond acceptors (Lipinski definition) is 4. The number of hydrogen-bond donors (Lipinski definition) is 2. The van der Waals surface area contributed by atoms with Gasteiger partial charge in [0.2, 0.25) is 0 Å². The van der Waals surface area contributed by atoms with Crippen LogP contribution in [-0.4, -0.2) is 35.9 Å². The van der Waals surface area contributed by atoms with Crippen LogP contribution in [-0.2, 0) is 14.9 Å². The molecular formula is C19H24FNO5. The Morgan fingerprint density at radius 1 is 1.27 bits per heavy atom. The number of nitrogens with one attached hydrogen (secondary N) is 1. The van der Waals surface area contributed by atoms with Crippen molar-refractivity contribution in [2.45, 2.75) is 57.1 Å². The fourth-order valence-electron chi connectivity index (χ4n) is 4.37. The van der Waals surface area contributed by atoms with Crippen LogP contribution in [0, 0.1) is 11.2 Å². The quantitative estimate of drug-likeness (QED) is 0.837. The molecule has 142 valence electrons. The van der Waals surface area contributed by atoms with E-state index in [-0.39, 0.29) is 11.2 Å². The number of benzene rings is 1. The van der Waals surface area contributed by atoms with Crippen LogP contribution >= 0.6 is 0 Å². The van der Waals surface area contributed by atoms with E-state index in [2.05, 4.69) is 5.32 Å². The number of amides is 1. The fourth-order valence-corrected chi connectivity index (χ4v) is 4.37. The molecule has 2 bridgehead atoms. The number of carboxylic acids is 1. The summed E-state index contributed by atoms with van der Waals surface area (Å²) in [4.78, 5) is 23.7. The third-order valence-corrected chi connectivity index (χ3v) is 5.36. The highest BCUT2D eigenvalue weighted by Crippen LogP contribution is 2.75. The lowest BCUT2D eigenvalue weighted by Gasteiger charge is -2.72. The van der Waals surface area contributed by atoms with Crippen molar-refractivity contribution in [2.75, 3.05) is 7.11 Å². The van der Waals surface area contributed by atoms with Gasteiger partial charge in [0.15, 0.2) is 11.6 Å². The van der Waals surface area contributed by atoms with Crippen molar-refractivity contribution in [3.8, 4) is 5.75 Å². The van der Waals surface area contributed by atoms with Gasteiger partial charge in [-0.25, -0.2) is 14.0 Å². The van der Waals surface area contributed by atoms with Crippen molar-refractivity contribution < 1.29 is 28.6 Å². The number of methoxy groups -OCH3 is 1. The topological polar surface area (TPSA) is 84.9 Å². The van der Waals surface area contributed by atoms with Crippen LogP contribution in [0.3, 0.4) is 0 Å². The number of ether oxygens (including phenoxy) is 2. The fraction of sp³-hybridized carbons (Fsp3) is 0.579. The first-order valence-electron chi connectivity index (χ1n) is 8.57. The minimum absolute atomic E-state index is 0.162. The van der Waals surface area contributed by atoms with E-state index in [4.69, 9.17) is 9.47 Å². The first-order chi connectivity index (χ1) is 12.0. The molecule has 0 aliphatic heterocycles. The largest absolute Gasteiger partial charge is 0.494 e. The molecule has 2 N–H and O–H groups in total. The highest BCUT2D eigenvalue weighted by atomic mass is 19.1. The summed E-state index contributed by atoms with van der Waals surface area (Å²) in [7, 11) is 1.41. The van der Waals surface area contributed by atoms with Crippen molar-refractivity contribution in [3.63, 3.8) is 0 Å². The maximum absolute atomic E-state index is 13.6. The molecule has 0 aromatic heterocycles. The Kier molecular flexibility index (Phi) is 4.16. The summed E-state index contributed by atoms with van der Waals surface area (Å²) < 4.78 is 23.8. The predicted molar refractivity (Wildman–Crippen MR) is 91.7 cm³/mol. The molecule has 0 spiro atoms. The van der Waals surface area contributed by atoms with E-state index in [1.807, 2.05) is 0 Å². The highest BCUT2D eigenvalue weighted by Gasteiger charge is 2.72. The first-order valence-corrected chi connectivity index (χ1v) is 8.57. The molecule has 0 radical (unpaired) electrons. The second-order valence-electron chi connectivity index (χ2n) is 8.44. The molecule has 1 amide bonds. The number of aliphatic carboxylic acids is 1. The second kappa shape index (κ2) is 5.86. The van der Waals surface area contributed by atoms with Gasteiger partial charge in [-0.05, 0) is 63.1 Å². The lowest BCUT2D eigenvalue weighted by Crippen LogP contribution is -2.73. The standard InChI is InChI=1S/C19H24FNO5/c1-17(2,3)26-16(24)21-14(15(22)23)19-8-18(9-19,10-19)11-5-6-12(20)13(7-11)25-4/h5-7,14H,8-10H2,1-4H3,(H,21,24)(H,22,23). The minimum Gasteiger partial charge on any atom is -0.494 e. The lowest BCUT2D eigenvalue weighted by atomic mass is 9.31. The van der Waals surface area contributed by atoms with E-state index >= 15 is 0 Å². The maximum atomic E-state index is 13.6. The summed E-state index contributed by atoms with van der Waals surface area (Å²) in [5.74, 6) is -1.31. The van der Waals surface area contributed by atoms with E-state index in [1.165, 1.54) is 13.2 Å². The van der Waals surface area contributed by atoms with Gasteiger partial charge in [0.1, 0.15) is 11.6 Å². The van der Waals surface area contributed by atoms with Gasteiger partial charge in [-0.2, -0.15) is 0 Å². The van der Waals surface area contributed by atoms with Crippen molar-refractivity contribution >= 4 is 12.1 Å². The van der Waals surface area contributed by atoms with E-state index in [0.717, 1.165) is 5.56 Å². The number of carboxylic acid groups (broad SMARTS) is 1. The van der Waals surface area contributed by atoms with E-state index in [9.17, 15) is 19.1 Å². The SMILES string of the molecule is COc1cc(C23CC(C(NC(=O)OC(C)(C)C)C(=O)O)(C2)C3)ccc1F. The van der Waals surface area contributed by atoms with Gasteiger partial charge < -0.3 is 19.9 Å². The van der Waals surface area contributed by atoms with Crippen molar-refractivity contribution in [1.29, 1.82) is 0 Å². The van der Waals surface area contributed by atoms with Crippen molar-refractivity contribution in [1.82, 2.24) is 5.32 Å². The molecule has 6 nitrogen and oxygen atoms in total. The van der Waals surface area contributed by atoms with Gasteiger partial charge in [0.05, 0.1) is 7.11 Å². The summed E-state index contributed by atoms with van der Waals surface area (Å²) in [5.41, 5.74) is -0.397. The molecule has 3 aliphatic carbocycles. The zero-order valence-corrected chi connectivity index (χ0v) is 15.4. The number of alkyl carbamates (subject to hydrolysis) is 1. The molecule has 1 unspecified atom stereocenters. The third kappa shape index (κ3) is 2.99. The average molecular weight is 365 g/mol. The Morgan fingerprint density at radius 3 is 2.38 bits per heavy atom. The molecule has 4 rings (SSSR count). The van der Waals surface area contributed by atoms with Gasteiger partial charge in [-0.3, -0.25) is 0 Å². The molecular weight excluding hydrogens is 341 g/mol. The summed E-state index contributed by atoms with van der Waals surface area (Å²) in [6, 6.07) is 3.77. The van der Waals surface area contributed by atoms with E-state index in [1.54, 1.807) is 32.9 Å². The van der Waals surface area contributed by atoms with Gasteiger partial charge in [-0.1, -0.05) is 6.07 Å². The molecule has 3 saturated carbocycles. The first kappa shape index (κ1) is 18.5. The Hall–Kier alpha value is -2.31. The predicted octanol–water partition coefficient (Wildman–Crippen LogP) is 3.23. The van der Waals surface area contributed by atoms with Crippen molar-refractivity contribution in [2.24, 2.45) is 5.41 Å². The van der Waals surface area contributed by atoms with Crippen LogP contribution in [0.4, 0.5) is 9.18 Å². The molecule has 3 aliphatic rings. The lowest BCUT2D eigenvalue weighted by molar-refractivity contribution is -0.183. The third-order valence-electron chi connectivity index (χ3n) is 5.36. The van der Waals surface area contributed by atoms with Crippen molar-refractivity contribution in [3.05, 3.63) is 29.6 Å². The minimum atomic E-state index is -1.07. The van der Waals surface area contributed by atoms with E-state index < -0.39 is 34.9 Å². The van der Waals surface area contributed by atoms with Gasteiger partial charge >= 0.3 is 12.1 Å². The van der Waals surface area contributed by atoms with E-state index in [0.29, 0.717) is 19.3 Å². The molecule has 7 heteroatoms. The van der Waals surface area contributed by atoms with Gasteiger partial charge in [-0.15, -0.1) is 0 Å². The Morgan fingerprint density at radius 2 is 1.88 bits per heavy atom. The summed E-state index contributed by atoms with van der Waals surface area (Å²) in [6.45, 7) is 5.17. The van der Waals surface area contributed by atoms with Crippen LogP contribution in [0.25, 0.3) is 0 Å². The molecule has 0 heterocycles. The highest BCUT2D eigenvalue weighted by molar-refractivity contribution is 5.82. The normalized spacial score (nSPS) is 27.6. The van der Waals surface area contributed by atoms with Crippen LogP contribution in [0.15, 0.2) is 18.2 Å². The monoisotopic (exact) mass is 365 g/mol. The second-order valence-corrected chi connectivity index (χ2v) is 8.44. The number of rotatable bonds is 5. The van der Waals surface area contributed by atoms with Crippen LogP contribution < -0.4 is 10.1 Å². The molecule has 1 atom stereocenters. The number of carbonyl (C=O) groups excluding carboxylic acids is 1. The number of halogens is 1. The Labute approximate surface area is 151 Å². The smallest absolute Gasteiger partial charge is 0.408 e. The molecule has 26 heavy (non-hydrogen) atoms. The zero-order chi connectivity index (χ0) is 19.3. The molecule has 3 fully saturated rings. The van der Waals surface area contributed by atoms with Crippen LogP contribution in [0.5, 0.6) is 5.75 Å². The van der Waals surface area contributed by atoms with Crippen LogP contribution in [0.2, 0.25) is 0 Å².